The molecule has 0 fully saturated rings. The van der Waals surface area contributed by atoms with Gasteiger partial charge < -0.3 is 4.57 Å². The zero-order valence-electron chi connectivity index (χ0n) is 12.5. The van der Waals surface area contributed by atoms with Crippen LogP contribution in [0.25, 0.3) is 0 Å². The maximum absolute atomic E-state index is 4.25. The molecule has 17 heavy (non-hydrogen) atoms. The highest BCUT2D eigenvalue weighted by Crippen LogP contribution is 2.12. The summed E-state index contributed by atoms with van der Waals surface area (Å²) < 4.78 is 2.05. The van der Waals surface area contributed by atoms with Crippen LogP contribution in [0.2, 0.25) is 0 Å². The molecule has 0 amide bonds. The summed E-state index contributed by atoms with van der Waals surface area (Å²) in [6, 6.07) is 0. The topological polar surface area (TPSA) is 17.8 Å². The minimum Gasteiger partial charge on any atom is -0.338 e. The molecule has 98 valence electrons. The molecule has 0 aromatic carbocycles. The predicted octanol–water partition coefficient (Wildman–Crippen LogP) is 4.71. The molecule has 0 aliphatic rings. The zero-order chi connectivity index (χ0) is 13.8. The lowest BCUT2D eigenvalue weighted by atomic mass is 10.1. The van der Waals surface area contributed by atoms with Crippen molar-refractivity contribution in [3.05, 3.63) is 42.5 Å². The van der Waals surface area contributed by atoms with Crippen LogP contribution in [0.5, 0.6) is 0 Å². The van der Waals surface area contributed by atoms with Crippen LogP contribution in [0, 0.1) is 0 Å². The van der Waals surface area contributed by atoms with E-state index in [2.05, 4.69) is 30.6 Å². The third kappa shape index (κ3) is 9.61. The lowest BCUT2D eigenvalue weighted by Gasteiger charge is -2.04. The van der Waals surface area contributed by atoms with E-state index in [0.717, 1.165) is 5.82 Å². The molecule has 2 heteroatoms. The Kier molecular flexibility index (Phi) is 11.9. The third-order valence-corrected chi connectivity index (χ3v) is 1.75. The molecule has 1 atom stereocenters. The van der Waals surface area contributed by atoms with Gasteiger partial charge >= 0.3 is 0 Å². The van der Waals surface area contributed by atoms with Gasteiger partial charge in [0.25, 0.3) is 0 Å². The van der Waals surface area contributed by atoms with E-state index >= 15 is 0 Å². The van der Waals surface area contributed by atoms with Gasteiger partial charge in [-0.25, -0.2) is 4.98 Å². The molecule has 0 saturated heterocycles. The van der Waals surface area contributed by atoms with Crippen molar-refractivity contribution >= 4 is 0 Å². The number of aryl methyl sites for hydroxylation is 1. The Balaban J connectivity index is 0. The van der Waals surface area contributed by atoms with Gasteiger partial charge in [-0.05, 0) is 20.8 Å². The van der Waals surface area contributed by atoms with Gasteiger partial charge in [0.1, 0.15) is 5.82 Å². The summed E-state index contributed by atoms with van der Waals surface area (Å²) in [7, 11) is 2.02. The molecule has 0 bridgehead atoms. The number of allylic oxidation sites excluding steroid dienone is 3. The van der Waals surface area contributed by atoms with Crippen molar-refractivity contribution in [1.29, 1.82) is 0 Å². The van der Waals surface area contributed by atoms with Crippen LogP contribution in [-0.2, 0) is 7.05 Å². The summed E-state index contributed by atoms with van der Waals surface area (Å²) in [5.41, 5.74) is 1.17. The molecule has 2 nitrogen and oxygen atoms in total. The Hall–Kier alpha value is -1.31. The van der Waals surface area contributed by atoms with Gasteiger partial charge in [-0.1, -0.05) is 38.5 Å². The van der Waals surface area contributed by atoms with E-state index in [9.17, 15) is 0 Å². The van der Waals surface area contributed by atoms with Crippen molar-refractivity contribution < 1.29 is 0 Å². The molecule has 1 aromatic heterocycles. The van der Waals surface area contributed by atoms with Gasteiger partial charge in [-0.3, -0.25) is 0 Å². The van der Waals surface area contributed by atoms with Gasteiger partial charge in [-0.2, -0.15) is 0 Å². The molecule has 0 aliphatic carbocycles. The van der Waals surface area contributed by atoms with Crippen LogP contribution in [0.3, 0.4) is 0 Å². The van der Waals surface area contributed by atoms with E-state index in [1.807, 2.05) is 58.6 Å². The molecule has 0 spiro atoms. The van der Waals surface area contributed by atoms with Gasteiger partial charge in [0.05, 0.1) is 0 Å². The lowest BCUT2D eigenvalue weighted by molar-refractivity contribution is 0.754. The first-order valence-corrected chi connectivity index (χ1v) is 6.21. The average Bonchev–Trinajstić information content (AvgIpc) is 2.67. The zero-order valence-corrected chi connectivity index (χ0v) is 12.5. The number of rotatable bonds is 2. The Bertz CT molecular complexity index is 317. The summed E-state index contributed by atoms with van der Waals surface area (Å²) >= 11 is 0. The second-order valence-electron chi connectivity index (χ2n) is 3.92. The van der Waals surface area contributed by atoms with Gasteiger partial charge in [0.2, 0.25) is 0 Å². The number of imidazole rings is 1. The van der Waals surface area contributed by atoms with Crippen molar-refractivity contribution in [2.45, 2.75) is 47.5 Å². The van der Waals surface area contributed by atoms with Crippen LogP contribution < -0.4 is 0 Å². The van der Waals surface area contributed by atoms with Crippen LogP contribution in [0.1, 0.15) is 53.3 Å². The first kappa shape index (κ1) is 18.1. The summed E-state index contributed by atoms with van der Waals surface area (Å²) in [5.74, 6) is 1.53. The Labute approximate surface area is 107 Å². The fourth-order valence-electron chi connectivity index (χ4n) is 1.19. The highest BCUT2D eigenvalue weighted by Gasteiger charge is 2.04. The average molecular weight is 236 g/mol. The monoisotopic (exact) mass is 236 g/mol. The van der Waals surface area contributed by atoms with Crippen molar-refractivity contribution in [1.82, 2.24) is 9.55 Å². The van der Waals surface area contributed by atoms with E-state index in [1.165, 1.54) is 5.57 Å². The van der Waals surface area contributed by atoms with Crippen LogP contribution >= 0.6 is 0 Å². The van der Waals surface area contributed by atoms with Crippen molar-refractivity contribution in [2.24, 2.45) is 7.05 Å². The second-order valence-corrected chi connectivity index (χ2v) is 3.92. The summed E-state index contributed by atoms with van der Waals surface area (Å²) in [4.78, 5) is 4.25. The number of nitrogens with zero attached hydrogens (tertiary/aromatic N) is 2. The largest absolute Gasteiger partial charge is 0.338 e. The number of hydrogen-bond acceptors (Lipinski definition) is 1. The minimum atomic E-state index is 0.417. The quantitative estimate of drug-likeness (QED) is 0.680. The van der Waals surface area contributed by atoms with Gasteiger partial charge in [-0.15, -0.1) is 6.58 Å². The minimum absolute atomic E-state index is 0.417. The molecule has 0 aliphatic heterocycles. The van der Waals surface area contributed by atoms with E-state index in [0.29, 0.717) is 5.92 Å². The molecule has 0 N–H and O–H groups in total. The van der Waals surface area contributed by atoms with Crippen LogP contribution in [0.15, 0.2) is 36.7 Å². The maximum Gasteiger partial charge on any atom is 0.115 e. The summed E-state index contributed by atoms with van der Waals surface area (Å²) in [6.07, 6.45) is 7.99. The number of aromatic nitrogens is 2. The first-order valence-electron chi connectivity index (χ1n) is 6.21. The SMILES string of the molecule is C/C=C\C(C)c1nccn1C.C=C(C)C.CC. The van der Waals surface area contributed by atoms with Crippen LogP contribution in [0.4, 0.5) is 0 Å². The standard InChI is InChI=1S/C9H14N2.C4H8.C2H6/c1-4-5-8(2)9-10-6-7-11(9)3;1-4(2)3;1-2/h4-8H,1-3H3;1H2,2-3H3;1-2H3/b5-4-;;. The van der Waals surface area contributed by atoms with Crippen molar-refractivity contribution in [2.75, 3.05) is 0 Å². The molecular weight excluding hydrogens is 208 g/mol. The summed E-state index contributed by atoms with van der Waals surface area (Å²) in [6.45, 7) is 15.7. The normalized spacial score (nSPS) is 11.0. The molecule has 1 heterocycles. The molecule has 0 radical (unpaired) electrons. The van der Waals surface area contributed by atoms with Crippen molar-refractivity contribution in [3.8, 4) is 0 Å². The van der Waals surface area contributed by atoms with E-state index in [1.54, 1.807) is 0 Å². The molecule has 1 rings (SSSR count). The highest BCUT2D eigenvalue weighted by molar-refractivity contribution is 5.06. The Morgan fingerprint density at radius 1 is 1.41 bits per heavy atom. The molecular formula is C15H28N2. The number of hydrogen-bond donors (Lipinski definition) is 0. The summed E-state index contributed by atoms with van der Waals surface area (Å²) in [5, 5.41) is 0. The molecule has 1 aromatic rings. The van der Waals surface area contributed by atoms with E-state index in [4.69, 9.17) is 0 Å². The fourth-order valence-corrected chi connectivity index (χ4v) is 1.19. The predicted molar refractivity (Wildman–Crippen MR) is 78.3 cm³/mol. The third-order valence-electron chi connectivity index (χ3n) is 1.75. The Morgan fingerprint density at radius 2 is 1.88 bits per heavy atom. The lowest BCUT2D eigenvalue weighted by Crippen LogP contribution is -1.99. The first-order chi connectivity index (χ1) is 7.99. The van der Waals surface area contributed by atoms with E-state index < -0.39 is 0 Å². The molecule has 0 saturated carbocycles. The van der Waals surface area contributed by atoms with Gasteiger partial charge in [0, 0.05) is 25.4 Å². The smallest absolute Gasteiger partial charge is 0.115 e. The Morgan fingerprint density at radius 3 is 2.18 bits per heavy atom. The van der Waals surface area contributed by atoms with Crippen molar-refractivity contribution in [3.63, 3.8) is 0 Å². The van der Waals surface area contributed by atoms with E-state index in [-0.39, 0.29) is 0 Å². The highest BCUT2D eigenvalue weighted by atomic mass is 15.0. The van der Waals surface area contributed by atoms with Gasteiger partial charge in [0.15, 0.2) is 0 Å². The van der Waals surface area contributed by atoms with Crippen LogP contribution in [-0.4, -0.2) is 9.55 Å². The molecule has 1 unspecified atom stereocenters. The maximum atomic E-state index is 4.25. The second kappa shape index (κ2) is 11.2. The fraction of sp³-hybridized carbons (Fsp3) is 0.533.